The van der Waals surface area contributed by atoms with Crippen LogP contribution in [0.5, 0.6) is 0 Å². The standard InChI is InChI=1S/C75H62N2S/c1-73(2,3)55-35-43-60(44-36-55)76(59-39-31-53(32-40-59)51-21-11-7-12-22-51)63-47-48-64-66(49-63)75(57-25-15-9-16-26-57,58-27-17-10-18-28-58)67-50-68(72-71(70(64)67)65-29-19-20-30-69(65)78-72)77(62-45-37-56(38-46-62)74(4,5)6)61-41-33-54(34-42-61)52-23-13-8-14-24-52/h7-50H,1-6H3. The van der Waals surface area contributed by atoms with Crippen LogP contribution in [0.25, 0.3) is 53.6 Å². The van der Waals surface area contributed by atoms with Crippen molar-refractivity contribution in [2.45, 2.75) is 57.8 Å². The highest BCUT2D eigenvalue weighted by atomic mass is 32.1. The number of thiophene rings is 1. The Kier molecular flexibility index (Phi) is 12.1. The largest absolute Gasteiger partial charge is 0.310 e. The summed E-state index contributed by atoms with van der Waals surface area (Å²) in [7, 11) is 0. The average molecular weight is 1020 g/mol. The highest BCUT2D eigenvalue weighted by Crippen LogP contribution is 2.62. The van der Waals surface area contributed by atoms with E-state index < -0.39 is 5.41 Å². The molecule has 78 heavy (non-hydrogen) atoms. The molecule has 0 spiro atoms. The number of hydrogen-bond donors (Lipinski definition) is 0. The maximum atomic E-state index is 2.57. The maximum Gasteiger partial charge on any atom is 0.0715 e. The molecule has 0 amide bonds. The molecule has 0 saturated carbocycles. The summed E-state index contributed by atoms with van der Waals surface area (Å²) in [6.07, 6.45) is 0. The summed E-state index contributed by atoms with van der Waals surface area (Å²) < 4.78 is 2.52. The van der Waals surface area contributed by atoms with Crippen LogP contribution in [0.2, 0.25) is 0 Å². The van der Waals surface area contributed by atoms with Gasteiger partial charge in [0.25, 0.3) is 0 Å². The number of nitrogens with zero attached hydrogens (tertiary/aromatic N) is 2. The van der Waals surface area contributed by atoms with Crippen molar-refractivity contribution in [3.63, 3.8) is 0 Å². The van der Waals surface area contributed by atoms with Gasteiger partial charge in [-0.2, -0.15) is 0 Å². The maximum absolute atomic E-state index is 2.57. The van der Waals surface area contributed by atoms with Gasteiger partial charge in [-0.15, -0.1) is 11.3 Å². The Morgan fingerprint density at radius 3 is 1.22 bits per heavy atom. The summed E-state index contributed by atoms with van der Waals surface area (Å²) in [4.78, 5) is 4.98. The fourth-order valence-electron chi connectivity index (χ4n) is 12.1. The lowest BCUT2D eigenvalue weighted by Gasteiger charge is -2.36. The lowest BCUT2D eigenvalue weighted by atomic mass is 9.67. The Bertz CT molecular complexity index is 4050. The molecular weight excluding hydrogens is 961 g/mol. The van der Waals surface area contributed by atoms with Crippen molar-refractivity contribution < 1.29 is 0 Å². The molecule has 0 unspecified atom stereocenters. The predicted molar refractivity (Wildman–Crippen MR) is 334 cm³/mol. The second-order valence-corrected chi connectivity index (χ2v) is 24.0. The molecule has 1 aliphatic carbocycles. The minimum atomic E-state index is -0.729. The van der Waals surface area contributed by atoms with E-state index in [2.05, 4.69) is 318 Å². The van der Waals surface area contributed by atoms with Gasteiger partial charge < -0.3 is 9.80 Å². The van der Waals surface area contributed by atoms with Gasteiger partial charge in [-0.25, -0.2) is 0 Å². The third-order valence-electron chi connectivity index (χ3n) is 16.1. The highest BCUT2D eigenvalue weighted by Gasteiger charge is 2.48. The van der Waals surface area contributed by atoms with Gasteiger partial charge in [0.15, 0.2) is 0 Å². The Labute approximate surface area is 464 Å². The zero-order valence-electron chi connectivity index (χ0n) is 45.2. The quantitative estimate of drug-likeness (QED) is 0.135. The van der Waals surface area contributed by atoms with Gasteiger partial charge in [-0.3, -0.25) is 0 Å². The molecule has 0 atom stereocenters. The fourth-order valence-corrected chi connectivity index (χ4v) is 13.3. The summed E-state index contributed by atoms with van der Waals surface area (Å²) >= 11 is 1.90. The van der Waals surface area contributed by atoms with Crippen LogP contribution in [0, 0.1) is 0 Å². The minimum Gasteiger partial charge on any atom is -0.310 e. The molecule has 11 aromatic carbocycles. The first-order valence-electron chi connectivity index (χ1n) is 27.3. The third-order valence-corrected chi connectivity index (χ3v) is 17.3. The molecule has 0 N–H and O–H groups in total. The van der Waals surface area contributed by atoms with E-state index in [9.17, 15) is 0 Å². The van der Waals surface area contributed by atoms with Gasteiger partial charge in [-0.05, 0) is 150 Å². The summed E-state index contributed by atoms with van der Waals surface area (Å²) in [6.45, 7) is 13.7. The average Bonchev–Trinajstić information content (AvgIpc) is 4.15. The van der Waals surface area contributed by atoms with Crippen LogP contribution in [0.3, 0.4) is 0 Å². The Morgan fingerprint density at radius 2 is 0.744 bits per heavy atom. The number of fused-ring (bicyclic) bond motifs is 7. The van der Waals surface area contributed by atoms with E-state index in [0.29, 0.717) is 0 Å². The predicted octanol–water partition coefficient (Wildman–Crippen LogP) is 21.3. The van der Waals surface area contributed by atoms with E-state index in [4.69, 9.17) is 0 Å². The first-order chi connectivity index (χ1) is 37.9. The van der Waals surface area contributed by atoms with Crippen molar-refractivity contribution in [1.82, 2.24) is 0 Å². The van der Waals surface area contributed by atoms with Crippen LogP contribution < -0.4 is 9.80 Å². The van der Waals surface area contributed by atoms with Crippen molar-refractivity contribution in [3.8, 4) is 33.4 Å². The molecule has 1 heterocycles. The Balaban J connectivity index is 1.10. The number of benzene rings is 11. The second kappa shape index (κ2) is 19.4. The number of hydrogen-bond acceptors (Lipinski definition) is 3. The molecule has 3 heteroatoms. The fraction of sp³-hybridized carbons (Fsp3) is 0.120. The Hall–Kier alpha value is -8.76. The van der Waals surface area contributed by atoms with Crippen LogP contribution >= 0.6 is 11.3 Å². The molecule has 0 bridgehead atoms. The van der Waals surface area contributed by atoms with E-state index in [1.165, 1.54) is 86.9 Å². The molecule has 0 radical (unpaired) electrons. The van der Waals surface area contributed by atoms with Gasteiger partial charge in [0.05, 0.1) is 15.8 Å². The highest BCUT2D eigenvalue weighted by molar-refractivity contribution is 7.26. The van der Waals surface area contributed by atoms with Crippen molar-refractivity contribution >= 4 is 65.6 Å². The first-order valence-corrected chi connectivity index (χ1v) is 28.1. The molecule has 0 fully saturated rings. The normalized spacial score (nSPS) is 12.8. The lowest BCUT2D eigenvalue weighted by molar-refractivity contribution is 0.590. The van der Waals surface area contributed by atoms with E-state index >= 15 is 0 Å². The Morgan fingerprint density at radius 1 is 0.346 bits per heavy atom. The van der Waals surface area contributed by atoms with Gasteiger partial charge in [-0.1, -0.05) is 236 Å². The first kappa shape index (κ1) is 48.9. The smallest absolute Gasteiger partial charge is 0.0715 e. The molecule has 0 aliphatic heterocycles. The van der Waals surface area contributed by atoms with E-state index in [1.54, 1.807) is 0 Å². The van der Waals surface area contributed by atoms with E-state index in [-0.39, 0.29) is 10.8 Å². The van der Waals surface area contributed by atoms with E-state index in [1.807, 2.05) is 11.3 Å². The summed E-state index contributed by atoms with van der Waals surface area (Å²) in [5.74, 6) is 0. The third kappa shape index (κ3) is 8.42. The van der Waals surface area contributed by atoms with Crippen molar-refractivity contribution in [3.05, 3.63) is 300 Å². The molecule has 1 aromatic heterocycles. The van der Waals surface area contributed by atoms with Gasteiger partial charge in [0, 0.05) is 43.9 Å². The zero-order valence-corrected chi connectivity index (χ0v) is 46.0. The molecule has 13 rings (SSSR count). The monoisotopic (exact) mass is 1020 g/mol. The van der Waals surface area contributed by atoms with Crippen molar-refractivity contribution in [1.29, 1.82) is 0 Å². The topological polar surface area (TPSA) is 6.48 Å². The molecule has 12 aromatic rings. The zero-order chi connectivity index (χ0) is 53.2. The van der Waals surface area contributed by atoms with Crippen molar-refractivity contribution in [2.75, 3.05) is 9.80 Å². The number of rotatable bonds is 10. The molecule has 1 aliphatic rings. The van der Waals surface area contributed by atoms with Crippen LogP contribution in [0.4, 0.5) is 34.1 Å². The summed E-state index contributed by atoms with van der Waals surface area (Å²) in [5.41, 5.74) is 20.8. The molecular formula is C75H62N2S. The van der Waals surface area contributed by atoms with Gasteiger partial charge in [0.2, 0.25) is 0 Å². The SMILES string of the molecule is CC(C)(C)c1ccc(N(c2ccc(-c3ccccc3)cc2)c2ccc3c(c2)C(c2ccccc2)(c2ccccc2)c2cc(N(c4ccc(-c5ccccc5)cc4)c4ccc(C(C)(C)C)cc4)c4sc5ccccc5c4c2-3)cc1. The summed E-state index contributed by atoms with van der Waals surface area (Å²) in [6, 6.07) is 99.7. The molecule has 378 valence electrons. The van der Waals surface area contributed by atoms with Crippen LogP contribution in [0.1, 0.15) is 74.9 Å². The molecule has 2 nitrogen and oxygen atoms in total. The lowest BCUT2D eigenvalue weighted by Crippen LogP contribution is -2.29. The van der Waals surface area contributed by atoms with Gasteiger partial charge in [0.1, 0.15) is 0 Å². The number of anilines is 6. The molecule has 0 saturated heterocycles. The van der Waals surface area contributed by atoms with Crippen LogP contribution in [-0.4, -0.2) is 0 Å². The van der Waals surface area contributed by atoms with Crippen LogP contribution in [-0.2, 0) is 16.2 Å². The van der Waals surface area contributed by atoms with Crippen LogP contribution in [0.15, 0.2) is 267 Å². The summed E-state index contributed by atoms with van der Waals surface area (Å²) in [5, 5.41) is 2.55. The van der Waals surface area contributed by atoms with E-state index in [0.717, 1.165) is 34.1 Å². The van der Waals surface area contributed by atoms with Gasteiger partial charge >= 0.3 is 0 Å². The second-order valence-electron chi connectivity index (χ2n) is 22.9. The van der Waals surface area contributed by atoms with Crippen molar-refractivity contribution in [2.24, 2.45) is 0 Å². The minimum absolute atomic E-state index is 0.000321.